The minimum Gasteiger partial charge on any atom is -0.479 e. The molecule has 0 spiro atoms. The summed E-state index contributed by atoms with van der Waals surface area (Å²) in [6.45, 7) is 1.95. The highest BCUT2D eigenvalue weighted by molar-refractivity contribution is 5.78. The highest BCUT2D eigenvalue weighted by Gasteiger charge is 2.37. The van der Waals surface area contributed by atoms with E-state index < -0.39 is 11.6 Å². The van der Waals surface area contributed by atoms with Crippen molar-refractivity contribution in [1.29, 1.82) is 0 Å². The van der Waals surface area contributed by atoms with Crippen LogP contribution in [0.25, 0.3) is 0 Å². The van der Waals surface area contributed by atoms with Crippen LogP contribution in [0.15, 0.2) is 0 Å². The van der Waals surface area contributed by atoms with Crippen LogP contribution >= 0.6 is 0 Å². The maximum Gasteiger partial charge on any atom is 0.338 e. The molecule has 0 unspecified atom stereocenters. The normalized spacial score (nSPS) is 38.5. The molecule has 0 saturated carbocycles. The van der Waals surface area contributed by atoms with Gasteiger partial charge in [0.2, 0.25) is 0 Å². The van der Waals surface area contributed by atoms with Gasteiger partial charge in [0, 0.05) is 6.04 Å². The topological polar surface area (TPSA) is 75.4 Å². The summed E-state index contributed by atoms with van der Waals surface area (Å²) in [4.78, 5) is 10.6. The third-order valence-corrected chi connectivity index (χ3v) is 2.09. The van der Waals surface area contributed by atoms with E-state index in [1.54, 1.807) is 0 Å². The van der Waals surface area contributed by atoms with Gasteiger partial charge in [-0.3, -0.25) is 5.32 Å². The Labute approximate surface area is 65.8 Å². The fraction of sp³-hybridized carbons (Fsp3) is 0.857. The zero-order chi connectivity index (χ0) is 8.48. The van der Waals surface area contributed by atoms with Crippen molar-refractivity contribution < 1.29 is 9.90 Å². The molecule has 4 heteroatoms. The smallest absolute Gasteiger partial charge is 0.338 e. The Kier molecular flexibility index (Phi) is 2.15. The van der Waals surface area contributed by atoms with E-state index in [1.807, 2.05) is 6.92 Å². The van der Waals surface area contributed by atoms with Crippen molar-refractivity contribution in [2.24, 2.45) is 5.73 Å². The predicted molar refractivity (Wildman–Crippen MR) is 41.0 cm³/mol. The molecule has 1 heterocycles. The average Bonchev–Trinajstić information content (AvgIpc) is 1.86. The van der Waals surface area contributed by atoms with Gasteiger partial charge in [-0.05, 0) is 26.2 Å². The standard InChI is InChI=1S/C7H14N2O2/c1-5-3-2-4-7(8,9-5)6(10)11/h5,9H,2-4,8H2,1H3,(H,10,11)/t5-,7+/m1/s1. The molecule has 0 bridgehead atoms. The molecule has 0 aliphatic carbocycles. The van der Waals surface area contributed by atoms with E-state index in [-0.39, 0.29) is 6.04 Å². The number of carboxylic acid groups (broad SMARTS) is 1. The largest absolute Gasteiger partial charge is 0.479 e. The molecule has 1 rings (SSSR count). The fourth-order valence-electron chi connectivity index (χ4n) is 1.44. The molecule has 11 heavy (non-hydrogen) atoms. The number of carboxylic acids is 1. The van der Waals surface area contributed by atoms with Crippen LogP contribution in [-0.4, -0.2) is 22.8 Å². The number of hydrogen-bond donors (Lipinski definition) is 3. The minimum absolute atomic E-state index is 0.213. The Balaban J connectivity index is 2.63. The van der Waals surface area contributed by atoms with Gasteiger partial charge in [0.25, 0.3) is 0 Å². The summed E-state index contributed by atoms with van der Waals surface area (Å²) in [5.41, 5.74) is 4.40. The maximum atomic E-state index is 10.6. The van der Waals surface area contributed by atoms with E-state index in [1.165, 1.54) is 0 Å². The first-order valence-corrected chi connectivity index (χ1v) is 3.84. The number of piperidine rings is 1. The number of hydrogen-bond acceptors (Lipinski definition) is 3. The van der Waals surface area contributed by atoms with Crippen molar-refractivity contribution >= 4 is 5.97 Å². The van der Waals surface area contributed by atoms with Crippen molar-refractivity contribution in [3.8, 4) is 0 Å². The lowest BCUT2D eigenvalue weighted by atomic mass is 9.95. The van der Waals surface area contributed by atoms with Gasteiger partial charge in [0.05, 0.1) is 0 Å². The molecule has 0 aromatic rings. The third kappa shape index (κ3) is 1.70. The van der Waals surface area contributed by atoms with E-state index in [2.05, 4.69) is 5.32 Å². The highest BCUT2D eigenvalue weighted by atomic mass is 16.4. The lowest BCUT2D eigenvalue weighted by molar-refractivity contribution is -0.146. The van der Waals surface area contributed by atoms with Crippen LogP contribution in [0, 0.1) is 0 Å². The SMILES string of the molecule is C[C@@H]1CCC[C@@](N)(C(=O)O)N1. The Hall–Kier alpha value is -0.610. The van der Waals surface area contributed by atoms with Crippen molar-refractivity contribution in [2.45, 2.75) is 37.9 Å². The monoisotopic (exact) mass is 158 g/mol. The summed E-state index contributed by atoms with van der Waals surface area (Å²) < 4.78 is 0. The molecule has 1 aliphatic rings. The van der Waals surface area contributed by atoms with Crippen LogP contribution in [0.1, 0.15) is 26.2 Å². The number of nitrogens with two attached hydrogens (primary N) is 1. The summed E-state index contributed by atoms with van der Waals surface area (Å²) in [5.74, 6) is -0.955. The Morgan fingerprint density at radius 1 is 1.82 bits per heavy atom. The zero-order valence-corrected chi connectivity index (χ0v) is 6.63. The molecule has 0 radical (unpaired) electrons. The summed E-state index contributed by atoms with van der Waals surface area (Å²) in [5, 5.41) is 11.6. The number of carbonyl (C=O) groups is 1. The second-order valence-corrected chi connectivity index (χ2v) is 3.21. The van der Waals surface area contributed by atoms with E-state index in [0.29, 0.717) is 6.42 Å². The number of nitrogens with one attached hydrogen (secondary N) is 1. The number of rotatable bonds is 1. The van der Waals surface area contributed by atoms with Crippen LogP contribution in [0.5, 0.6) is 0 Å². The van der Waals surface area contributed by atoms with E-state index >= 15 is 0 Å². The maximum absolute atomic E-state index is 10.6. The average molecular weight is 158 g/mol. The van der Waals surface area contributed by atoms with Crippen molar-refractivity contribution in [1.82, 2.24) is 5.32 Å². The summed E-state index contributed by atoms with van der Waals surface area (Å²) in [6.07, 6.45) is 2.41. The number of aliphatic carboxylic acids is 1. The minimum atomic E-state index is -1.18. The van der Waals surface area contributed by atoms with Crippen LogP contribution in [0.3, 0.4) is 0 Å². The van der Waals surface area contributed by atoms with Crippen molar-refractivity contribution in [3.05, 3.63) is 0 Å². The van der Waals surface area contributed by atoms with Gasteiger partial charge in [-0.1, -0.05) is 0 Å². The second kappa shape index (κ2) is 2.79. The van der Waals surface area contributed by atoms with E-state index in [9.17, 15) is 4.79 Å². The van der Waals surface area contributed by atoms with Crippen LogP contribution in [-0.2, 0) is 4.79 Å². The van der Waals surface area contributed by atoms with Crippen molar-refractivity contribution in [2.75, 3.05) is 0 Å². The van der Waals surface area contributed by atoms with Gasteiger partial charge in [0.15, 0.2) is 5.66 Å². The van der Waals surface area contributed by atoms with Gasteiger partial charge in [0.1, 0.15) is 0 Å². The third-order valence-electron chi connectivity index (χ3n) is 2.09. The van der Waals surface area contributed by atoms with Crippen molar-refractivity contribution in [3.63, 3.8) is 0 Å². The molecule has 1 saturated heterocycles. The van der Waals surface area contributed by atoms with E-state index in [0.717, 1.165) is 12.8 Å². The van der Waals surface area contributed by atoms with Gasteiger partial charge >= 0.3 is 5.97 Å². The molecule has 64 valence electrons. The lowest BCUT2D eigenvalue weighted by Gasteiger charge is -2.34. The first-order valence-electron chi connectivity index (χ1n) is 3.84. The molecule has 2 atom stereocenters. The molecule has 4 N–H and O–H groups in total. The molecule has 1 aliphatic heterocycles. The Morgan fingerprint density at radius 3 is 2.82 bits per heavy atom. The molecule has 1 fully saturated rings. The lowest BCUT2D eigenvalue weighted by Crippen LogP contribution is -2.64. The molecule has 4 nitrogen and oxygen atoms in total. The van der Waals surface area contributed by atoms with Gasteiger partial charge in [-0.15, -0.1) is 0 Å². The second-order valence-electron chi connectivity index (χ2n) is 3.21. The summed E-state index contributed by atoms with van der Waals surface area (Å²) >= 11 is 0. The first-order chi connectivity index (χ1) is 5.04. The predicted octanol–water partition coefficient (Wildman–Crippen LogP) is -0.112. The van der Waals surface area contributed by atoms with Crippen LogP contribution in [0.4, 0.5) is 0 Å². The van der Waals surface area contributed by atoms with Crippen LogP contribution < -0.4 is 11.1 Å². The fourth-order valence-corrected chi connectivity index (χ4v) is 1.44. The van der Waals surface area contributed by atoms with Gasteiger partial charge < -0.3 is 10.8 Å². The quantitative estimate of drug-likeness (QED) is 0.497. The Morgan fingerprint density at radius 2 is 2.45 bits per heavy atom. The zero-order valence-electron chi connectivity index (χ0n) is 6.63. The van der Waals surface area contributed by atoms with Gasteiger partial charge in [-0.2, -0.15) is 0 Å². The highest BCUT2D eigenvalue weighted by Crippen LogP contribution is 2.17. The van der Waals surface area contributed by atoms with Crippen LogP contribution in [0.2, 0.25) is 0 Å². The van der Waals surface area contributed by atoms with Gasteiger partial charge in [-0.25, -0.2) is 4.79 Å². The first kappa shape index (κ1) is 8.49. The molecular weight excluding hydrogens is 144 g/mol. The summed E-state index contributed by atoms with van der Waals surface area (Å²) in [6, 6.07) is 0.213. The Bertz CT molecular complexity index is 172. The van der Waals surface area contributed by atoms with E-state index in [4.69, 9.17) is 10.8 Å². The molecular formula is C7H14N2O2. The molecule has 0 amide bonds. The molecule has 0 aromatic heterocycles. The molecule has 0 aromatic carbocycles. The summed E-state index contributed by atoms with van der Waals surface area (Å²) in [7, 11) is 0.